The average molecular weight is 875 g/mol. The van der Waals surface area contributed by atoms with Crippen LogP contribution >= 0.6 is 0 Å². The Morgan fingerprint density at radius 3 is 1.27 bits per heavy atom. The molecule has 2 aliphatic rings. The molecule has 13 heteroatoms. The van der Waals surface area contributed by atoms with Crippen molar-refractivity contribution < 1.29 is 52.6 Å². The molecule has 64 heavy (non-hydrogen) atoms. The maximum absolute atomic E-state index is 13.2. The van der Waals surface area contributed by atoms with E-state index in [1.807, 2.05) is 152 Å². The monoisotopic (exact) mass is 874 g/mol. The van der Waals surface area contributed by atoms with Crippen LogP contribution < -0.4 is 10.6 Å². The first-order chi connectivity index (χ1) is 31.3. The van der Waals surface area contributed by atoms with Crippen molar-refractivity contribution in [1.29, 1.82) is 0 Å². The summed E-state index contributed by atoms with van der Waals surface area (Å²) in [7, 11) is 0. The molecule has 0 bridgehead atoms. The standard InChI is InChI=1S/C51H58N2O11/c1-35(54)52-44-46(56)47(42(33-57-28-37-18-8-3-9-19-37)62-50(44)61-32-41-26-16-7-17-27-41)64-51-45(53-36(2)55)49(60-31-40-24-14-6-15-25-40)48(59-30-39-22-12-5-13-23-39)43(63-51)34-58-29-38-20-10-4-11-21-38/h3-27,42-51,56H,28-34H2,1-2H3,(H,52,54)(H,53,55)/t42-,43-,44-,45-,46-,47-,48-,49-,50+,51+/m1/s1. The lowest BCUT2D eigenvalue weighted by Gasteiger charge is -2.50. The molecule has 2 aliphatic heterocycles. The number of hydrogen-bond donors (Lipinski definition) is 3. The van der Waals surface area contributed by atoms with Crippen LogP contribution in [-0.4, -0.2) is 91.4 Å². The SMILES string of the molecule is CC(=O)N[C@H]1[C@@H](OCc2ccccc2)O[C@H](COCc2ccccc2)[C@@H](O[C@@H]2O[C@H](COCc3ccccc3)[C@@H](OCc3ccccc3)[C@H](OCc3ccccc3)[C@H]2NC(C)=O)[C@@H]1O. The molecule has 338 valence electrons. The third kappa shape index (κ3) is 13.6. The van der Waals surface area contributed by atoms with Crippen molar-refractivity contribution in [2.45, 2.75) is 108 Å². The van der Waals surface area contributed by atoms with Crippen molar-refractivity contribution in [3.05, 3.63) is 179 Å². The Labute approximate surface area is 374 Å². The van der Waals surface area contributed by atoms with Crippen LogP contribution in [0.2, 0.25) is 0 Å². The van der Waals surface area contributed by atoms with E-state index in [0.717, 1.165) is 27.8 Å². The number of ether oxygens (including phenoxy) is 8. The molecule has 0 aromatic heterocycles. The highest BCUT2D eigenvalue weighted by Gasteiger charge is 2.53. The number of hydrogen-bond acceptors (Lipinski definition) is 11. The second-order valence-corrected chi connectivity index (χ2v) is 16.0. The number of amides is 2. The summed E-state index contributed by atoms with van der Waals surface area (Å²) in [6.45, 7) is 3.85. The molecule has 2 amide bonds. The van der Waals surface area contributed by atoms with Gasteiger partial charge in [0.2, 0.25) is 11.8 Å². The molecule has 5 aromatic rings. The molecule has 10 atom stereocenters. The summed E-state index contributed by atoms with van der Waals surface area (Å²) in [4.78, 5) is 25.9. The fourth-order valence-electron chi connectivity index (χ4n) is 7.87. The minimum Gasteiger partial charge on any atom is -0.388 e. The second kappa shape index (κ2) is 24.1. The summed E-state index contributed by atoms with van der Waals surface area (Å²) in [5.74, 6) is -0.781. The van der Waals surface area contributed by atoms with Crippen molar-refractivity contribution in [2.75, 3.05) is 13.2 Å². The van der Waals surface area contributed by atoms with Crippen LogP contribution in [-0.2, 0) is 80.5 Å². The number of aliphatic hydroxyl groups excluding tert-OH is 1. The third-order valence-corrected chi connectivity index (χ3v) is 11.0. The van der Waals surface area contributed by atoms with Crippen LogP contribution in [0.4, 0.5) is 0 Å². The van der Waals surface area contributed by atoms with E-state index in [4.69, 9.17) is 37.9 Å². The lowest BCUT2D eigenvalue weighted by Crippen LogP contribution is -2.69. The zero-order valence-corrected chi connectivity index (χ0v) is 36.2. The first kappa shape index (κ1) is 46.7. The van der Waals surface area contributed by atoms with Gasteiger partial charge in [0.25, 0.3) is 0 Å². The van der Waals surface area contributed by atoms with E-state index in [-0.39, 0.29) is 45.5 Å². The highest BCUT2D eigenvalue weighted by molar-refractivity contribution is 5.73. The van der Waals surface area contributed by atoms with Gasteiger partial charge in [0.15, 0.2) is 12.6 Å². The smallest absolute Gasteiger partial charge is 0.217 e. The molecule has 2 fully saturated rings. The molecule has 0 unspecified atom stereocenters. The Hall–Kier alpha value is -5.32. The number of aliphatic hydroxyl groups is 1. The molecule has 0 spiro atoms. The fourth-order valence-corrected chi connectivity index (χ4v) is 7.87. The van der Waals surface area contributed by atoms with E-state index >= 15 is 0 Å². The molecule has 13 nitrogen and oxygen atoms in total. The number of nitrogens with one attached hydrogen (secondary N) is 2. The van der Waals surface area contributed by atoms with E-state index in [1.54, 1.807) is 0 Å². The summed E-state index contributed by atoms with van der Waals surface area (Å²) in [6, 6.07) is 46.4. The zero-order valence-electron chi connectivity index (χ0n) is 36.2. The maximum Gasteiger partial charge on any atom is 0.217 e. The third-order valence-electron chi connectivity index (χ3n) is 11.0. The molecule has 0 aliphatic carbocycles. The lowest BCUT2D eigenvalue weighted by atomic mass is 9.94. The van der Waals surface area contributed by atoms with Gasteiger partial charge in [-0.05, 0) is 27.8 Å². The molecule has 0 radical (unpaired) electrons. The van der Waals surface area contributed by atoms with Crippen LogP contribution in [0.15, 0.2) is 152 Å². The molecular weight excluding hydrogens is 817 g/mol. The van der Waals surface area contributed by atoms with Gasteiger partial charge in [-0.1, -0.05) is 152 Å². The van der Waals surface area contributed by atoms with Crippen LogP contribution in [0.1, 0.15) is 41.7 Å². The number of carbonyl (C=O) groups is 2. The van der Waals surface area contributed by atoms with Crippen LogP contribution in [0.5, 0.6) is 0 Å². The summed E-state index contributed by atoms with van der Waals surface area (Å²) in [5.41, 5.74) is 4.60. The number of carbonyl (C=O) groups excluding carboxylic acids is 2. The van der Waals surface area contributed by atoms with E-state index < -0.39 is 67.2 Å². The maximum atomic E-state index is 13.2. The Balaban J connectivity index is 1.22. The predicted molar refractivity (Wildman–Crippen MR) is 237 cm³/mol. The number of rotatable bonds is 21. The van der Waals surface area contributed by atoms with Crippen molar-refractivity contribution in [3.63, 3.8) is 0 Å². The Kier molecular flexibility index (Phi) is 17.6. The van der Waals surface area contributed by atoms with Crippen LogP contribution in [0, 0.1) is 0 Å². The number of benzene rings is 5. The minimum atomic E-state index is -1.41. The summed E-state index contributed by atoms with van der Waals surface area (Å²) >= 11 is 0. The van der Waals surface area contributed by atoms with Crippen molar-refractivity contribution in [1.82, 2.24) is 10.6 Å². The van der Waals surface area contributed by atoms with Gasteiger partial charge in [0.05, 0.1) is 46.2 Å². The first-order valence-corrected chi connectivity index (χ1v) is 21.7. The van der Waals surface area contributed by atoms with Crippen molar-refractivity contribution >= 4 is 11.8 Å². The summed E-state index contributed by atoms with van der Waals surface area (Å²) in [6.07, 6.45) is -8.34. The fraction of sp³-hybridized carbons (Fsp3) is 0.373. The molecule has 0 saturated carbocycles. The van der Waals surface area contributed by atoms with Gasteiger partial charge in [0, 0.05) is 13.8 Å². The zero-order chi connectivity index (χ0) is 44.5. The van der Waals surface area contributed by atoms with Crippen molar-refractivity contribution in [2.24, 2.45) is 0 Å². The molecule has 3 N–H and O–H groups in total. The molecular formula is C51H58N2O11. The van der Waals surface area contributed by atoms with Gasteiger partial charge in [-0.25, -0.2) is 0 Å². The highest BCUT2D eigenvalue weighted by Crippen LogP contribution is 2.34. The van der Waals surface area contributed by atoms with Gasteiger partial charge in [-0.3, -0.25) is 9.59 Å². The highest BCUT2D eigenvalue weighted by atomic mass is 16.7. The van der Waals surface area contributed by atoms with E-state index in [2.05, 4.69) is 10.6 Å². The predicted octanol–water partition coefficient (Wildman–Crippen LogP) is 6.01. The lowest BCUT2D eigenvalue weighted by molar-refractivity contribution is -0.341. The first-order valence-electron chi connectivity index (χ1n) is 21.7. The second-order valence-electron chi connectivity index (χ2n) is 16.0. The van der Waals surface area contributed by atoms with Gasteiger partial charge in [0.1, 0.15) is 48.7 Å². The van der Waals surface area contributed by atoms with Gasteiger partial charge >= 0.3 is 0 Å². The largest absolute Gasteiger partial charge is 0.388 e. The Bertz CT molecular complexity index is 2120. The molecule has 7 rings (SSSR count). The molecule has 2 saturated heterocycles. The van der Waals surface area contributed by atoms with Gasteiger partial charge < -0.3 is 53.6 Å². The molecule has 2 heterocycles. The van der Waals surface area contributed by atoms with E-state index in [1.165, 1.54) is 13.8 Å². The van der Waals surface area contributed by atoms with Gasteiger partial charge in [-0.2, -0.15) is 0 Å². The average Bonchev–Trinajstić information content (AvgIpc) is 3.31. The Morgan fingerprint density at radius 1 is 0.469 bits per heavy atom. The van der Waals surface area contributed by atoms with Crippen LogP contribution in [0.25, 0.3) is 0 Å². The summed E-state index contributed by atoms with van der Waals surface area (Å²) in [5, 5.41) is 18.2. The van der Waals surface area contributed by atoms with Gasteiger partial charge in [-0.15, -0.1) is 0 Å². The quantitative estimate of drug-likeness (QED) is 0.0795. The normalized spacial score (nSPS) is 25.6. The van der Waals surface area contributed by atoms with E-state index in [0.29, 0.717) is 6.61 Å². The van der Waals surface area contributed by atoms with Crippen LogP contribution in [0.3, 0.4) is 0 Å². The van der Waals surface area contributed by atoms with Crippen molar-refractivity contribution in [3.8, 4) is 0 Å². The molecule has 5 aromatic carbocycles. The summed E-state index contributed by atoms with van der Waals surface area (Å²) < 4.78 is 52.7. The minimum absolute atomic E-state index is 0.0352. The Morgan fingerprint density at radius 2 is 0.828 bits per heavy atom. The van der Waals surface area contributed by atoms with E-state index in [9.17, 15) is 14.7 Å². The topological polar surface area (TPSA) is 152 Å².